The molecule has 0 aliphatic rings. The molecule has 4 nitrogen and oxygen atoms in total. The van der Waals surface area contributed by atoms with Gasteiger partial charge < -0.3 is 10.0 Å². The molecule has 1 aromatic rings. The summed E-state index contributed by atoms with van der Waals surface area (Å²) in [6, 6.07) is 0. The highest BCUT2D eigenvalue weighted by Gasteiger charge is 2.15. The van der Waals surface area contributed by atoms with Crippen molar-refractivity contribution in [1.82, 2.24) is 14.7 Å². The number of aliphatic hydroxyl groups excluding tert-OH is 1. The number of halogens is 1. The van der Waals surface area contributed by atoms with Crippen molar-refractivity contribution < 1.29 is 5.11 Å². The van der Waals surface area contributed by atoms with E-state index in [-0.39, 0.29) is 6.10 Å². The average Bonchev–Trinajstić information content (AvgIpc) is 2.57. The van der Waals surface area contributed by atoms with Gasteiger partial charge in [-0.1, -0.05) is 13.8 Å². The third kappa shape index (κ3) is 4.07. The Kier molecular flexibility index (Phi) is 6.32. The zero-order valence-corrected chi connectivity index (χ0v) is 13.4. The third-order valence-corrected chi connectivity index (χ3v) is 4.40. The number of nitrogens with zero attached hydrogens (tertiary/aromatic N) is 3. The first kappa shape index (κ1) is 15.7. The second kappa shape index (κ2) is 7.26. The first-order valence-corrected chi connectivity index (χ1v) is 7.37. The van der Waals surface area contributed by atoms with E-state index in [1.165, 1.54) is 0 Å². The van der Waals surface area contributed by atoms with Crippen molar-refractivity contribution in [2.45, 2.75) is 39.7 Å². The number of hydrogen-bond acceptors (Lipinski definition) is 3. The monoisotopic (exact) mass is 317 g/mol. The molecule has 1 N–H and O–H groups in total. The Labute approximate surface area is 118 Å². The minimum Gasteiger partial charge on any atom is -0.393 e. The molecule has 104 valence electrons. The number of aromatic nitrogens is 2. The Morgan fingerprint density at radius 2 is 2.00 bits per heavy atom. The molecule has 1 unspecified atom stereocenters. The summed E-state index contributed by atoms with van der Waals surface area (Å²) in [5.74, 6) is 0. The Balaban J connectivity index is 2.51. The van der Waals surface area contributed by atoms with Crippen LogP contribution in [0.15, 0.2) is 4.47 Å². The summed E-state index contributed by atoms with van der Waals surface area (Å²) < 4.78 is 2.87. The summed E-state index contributed by atoms with van der Waals surface area (Å²) in [5.41, 5.74) is 2.04. The highest BCUT2D eigenvalue weighted by Crippen LogP contribution is 2.22. The van der Waals surface area contributed by atoms with Crippen LogP contribution in [-0.4, -0.2) is 45.5 Å². The molecule has 0 amide bonds. The van der Waals surface area contributed by atoms with E-state index in [1.807, 2.05) is 18.7 Å². The third-order valence-electron chi connectivity index (χ3n) is 3.36. The molecular weight excluding hydrogens is 294 g/mol. The maximum Gasteiger partial charge on any atom is 0.0738 e. The van der Waals surface area contributed by atoms with Crippen LogP contribution in [-0.2, 0) is 13.5 Å². The predicted molar refractivity (Wildman–Crippen MR) is 77.8 cm³/mol. The molecular formula is C13H24BrN3O. The van der Waals surface area contributed by atoms with Crippen molar-refractivity contribution in [3.8, 4) is 0 Å². The van der Waals surface area contributed by atoms with E-state index in [4.69, 9.17) is 0 Å². The summed E-state index contributed by atoms with van der Waals surface area (Å²) in [4.78, 5) is 2.33. The van der Waals surface area contributed by atoms with Gasteiger partial charge >= 0.3 is 0 Å². The summed E-state index contributed by atoms with van der Waals surface area (Å²) in [6.07, 6.45) is 1.15. The lowest BCUT2D eigenvalue weighted by molar-refractivity contribution is 0.141. The minimum absolute atomic E-state index is 0.309. The van der Waals surface area contributed by atoms with E-state index in [0.29, 0.717) is 6.42 Å². The number of rotatable bonds is 7. The smallest absolute Gasteiger partial charge is 0.0738 e. The molecule has 18 heavy (non-hydrogen) atoms. The summed E-state index contributed by atoms with van der Waals surface area (Å²) in [7, 11) is 1.92. The standard InChI is InChI=1S/C13H24BrN3O/c1-5-17(6-2)8-7-11(18)9-12-13(14)10(3)15-16(12)4/h11,18H,5-9H2,1-4H3. The number of hydrogen-bond donors (Lipinski definition) is 1. The van der Waals surface area contributed by atoms with Gasteiger partial charge in [0.15, 0.2) is 0 Å². The minimum atomic E-state index is -0.309. The first-order chi connectivity index (χ1) is 8.49. The quantitative estimate of drug-likeness (QED) is 0.837. The lowest BCUT2D eigenvalue weighted by Crippen LogP contribution is -2.28. The van der Waals surface area contributed by atoms with E-state index in [1.54, 1.807) is 0 Å². The second-order valence-electron chi connectivity index (χ2n) is 4.64. The topological polar surface area (TPSA) is 41.3 Å². The molecule has 0 aliphatic carbocycles. The Morgan fingerprint density at radius 1 is 1.39 bits per heavy atom. The van der Waals surface area contributed by atoms with E-state index in [9.17, 15) is 5.11 Å². The van der Waals surface area contributed by atoms with Gasteiger partial charge in [-0.15, -0.1) is 0 Å². The summed E-state index contributed by atoms with van der Waals surface area (Å²) >= 11 is 3.53. The van der Waals surface area contributed by atoms with Gasteiger partial charge in [-0.05, 0) is 42.4 Å². The van der Waals surface area contributed by atoms with E-state index < -0.39 is 0 Å². The van der Waals surface area contributed by atoms with Crippen molar-refractivity contribution in [2.24, 2.45) is 7.05 Å². The molecule has 0 saturated carbocycles. The van der Waals surface area contributed by atoms with E-state index in [0.717, 1.165) is 41.9 Å². The maximum atomic E-state index is 10.1. The molecule has 0 fully saturated rings. The summed E-state index contributed by atoms with van der Waals surface area (Å²) in [6.45, 7) is 9.29. The molecule has 5 heteroatoms. The predicted octanol–water partition coefficient (Wildman–Crippen LogP) is 2.13. The molecule has 1 rings (SSSR count). The molecule has 0 saturated heterocycles. The normalized spacial score (nSPS) is 13.3. The van der Waals surface area contributed by atoms with Crippen LogP contribution in [0.2, 0.25) is 0 Å². The van der Waals surface area contributed by atoms with Gasteiger partial charge in [0.05, 0.1) is 22.0 Å². The van der Waals surface area contributed by atoms with Crippen molar-refractivity contribution in [3.05, 3.63) is 15.9 Å². The van der Waals surface area contributed by atoms with Crippen LogP contribution in [0.1, 0.15) is 31.7 Å². The fraction of sp³-hybridized carbons (Fsp3) is 0.769. The number of aryl methyl sites for hydroxylation is 2. The molecule has 0 aliphatic heterocycles. The highest BCUT2D eigenvalue weighted by molar-refractivity contribution is 9.10. The molecule has 1 heterocycles. The fourth-order valence-electron chi connectivity index (χ4n) is 2.10. The number of aliphatic hydroxyl groups is 1. The molecule has 0 spiro atoms. The van der Waals surface area contributed by atoms with Gasteiger partial charge in [0.2, 0.25) is 0 Å². The van der Waals surface area contributed by atoms with Gasteiger partial charge in [-0.2, -0.15) is 5.10 Å². The van der Waals surface area contributed by atoms with Crippen LogP contribution in [0.25, 0.3) is 0 Å². The first-order valence-electron chi connectivity index (χ1n) is 6.57. The Bertz CT molecular complexity index is 375. The maximum absolute atomic E-state index is 10.1. The molecule has 1 atom stereocenters. The van der Waals surface area contributed by atoms with Crippen molar-refractivity contribution in [2.75, 3.05) is 19.6 Å². The SMILES string of the molecule is CCN(CC)CCC(O)Cc1c(Br)c(C)nn1C. The lowest BCUT2D eigenvalue weighted by Gasteiger charge is -2.20. The van der Waals surface area contributed by atoms with Crippen LogP contribution in [0, 0.1) is 6.92 Å². The zero-order valence-electron chi connectivity index (χ0n) is 11.8. The Hall–Kier alpha value is -0.390. The summed E-state index contributed by atoms with van der Waals surface area (Å²) in [5, 5.41) is 14.5. The van der Waals surface area contributed by atoms with Crippen LogP contribution in [0.5, 0.6) is 0 Å². The molecule has 0 bridgehead atoms. The largest absolute Gasteiger partial charge is 0.393 e. The molecule has 0 aromatic carbocycles. The molecule has 1 aromatic heterocycles. The Morgan fingerprint density at radius 3 is 2.44 bits per heavy atom. The van der Waals surface area contributed by atoms with Crippen LogP contribution >= 0.6 is 15.9 Å². The van der Waals surface area contributed by atoms with Crippen molar-refractivity contribution >= 4 is 15.9 Å². The second-order valence-corrected chi connectivity index (χ2v) is 5.44. The average molecular weight is 318 g/mol. The van der Waals surface area contributed by atoms with Gasteiger partial charge in [0.1, 0.15) is 0 Å². The van der Waals surface area contributed by atoms with E-state index in [2.05, 4.69) is 39.8 Å². The van der Waals surface area contributed by atoms with Crippen molar-refractivity contribution in [3.63, 3.8) is 0 Å². The highest BCUT2D eigenvalue weighted by atomic mass is 79.9. The van der Waals surface area contributed by atoms with Gasteiger partial charge in [0.25, 0.3) is 0 Å². The van der Waals surface area contributed by atoms with Crippen LogP contribution in [0.4, 0.5) is 0 Å². The zero-order chi connectivity index (χ0) is 13.7. The van der Waals surface area contributed by atoms with Gasteiger partial charge in [0, 0.05) is 20.0 Å². The molecule has 0 radical (unpaired) electrons. The van der Waals surface area contributed by atoms with E-state index >= 15 is 0 Å². The fourth-order valence-corrected chi connectivity index (χ4v) is 2.60. The van der Waals surface area contributed by atoms with Crippen LogP contribution < -0.4 is 0 Å². The van der Waals surface area contributed by atoms with Crippen molar-refractivity contribution in [1.29, 1.82) is 0 Å². The van der Waals surface area contributed by atoms with Crippen LogP contribution in [0.3, 0.4) is 0 Å². The van der Waals surface area contributed by atoms with Gasteiger partial charge in [-0.3, -0.25) is 4.68 Å². The van der Waals surface area contributed by atoms with Gasteiger partial charge in [-0.25, -0.2) is 0 Å². The lowest BCUT2D eigenvalue weighted by atomic mass is 10.1.